The molecule has 0 bridgehead atoms. The Balaban J connectivity index is 0.000000158. The third-order valence-corrected chi connectivity index (χ3v) is 5.38. The highest BCUT2D eigenvalue weighted by molar-refractivity contribution is 6.31. The zero-order chi connectivity index (χ0) is 29.8. The Morgan fingerprint density at radius 1 is 0.714 bits per heavy atom. The van der Waals surface area contributed by atoms with Crippen LogP contribution in [0.4, 0.5) is 0 Å². The van der Waals surface area contributed by atoms with Crippen molar-refractivity contribution >= 4 is 56.6 Å². The Bertz CT molecular complexity index is 1760. The lowest BCUT2D eigenvalue weighted by molar-refractivity contribution is 0.969. The molecule has 0 fully saturated rings. The molecule has 4 heterocycles. The summed E-state index contributed by atoms with van der Waals surface area (Å²) in [4.78, 5) is 15.2. The summed E-state index contributed by atoms with van der Waals surface area (Å²) in [5, 5.41) is 2.45. The number of aromatic nitrogens is 6. The molecule has 176 valence electrons. The monoisotopic (exact) mass is 528 g/mol. The van der Waals surface area contributed by atoms with Gasteiger partial charge in [0, 0.05) is 68.9 Å². The maximum Gasteiger partial charge on any atom is 0.223 e. The summed E-state index contributed by atoms with van der Waals surface area (Å²) in [6.07, 6.45) is 6.22. The van der Waals surface area contributed by atoms with E-state index in [1.165, 1.54) is 15.3 Å². The van der Waals surface area contributed by atoms with Crippen molar-refractivity contribution in [3.8, 4) is 11.3 Å². The van der Waals surface area contributed by atoms with Gasteiger partial charge in [-0.2, -0.15) is 0 Å². The SMILES string of the molecule is Clc1ccnc(Cl)n1.[2H]C([2H])([2H])n1cc(-c2ccnc(Cl)n2)c2ccccc21.[2H]C([2H])([2H])n1ccc2ccccc21. The molecule has 0 saturated carbocycles. The minimum Gasteiger partial charge on any atom is -0.351 e. The van der Waals surface area contributed by atoms with Crippen LogP contribution in [0.2, 0.25) is 15.7 Å². The molecule has 6 aromatic rings. The quantitative estimate of drug-likeness (QED) is 0.166. The number of para-hydroxylation sites is 2. The maximum atomic E-state index is 7.61. The molecule has 0 spiro atoms. The predicted molar refractivity (Wildman–Crippen MR) is 144 cm³/mol. The van der Waals surface area contributed by atoms with Crippen molar-refractivity contribution in [2.24, 2.45) is 14.0 Å². The van der Waals surface area contributed by atoms with E-state index in [9.17, 15) is 0 Å². The first-order valence-electron chi connectivity index (χ1n) is 13.1. The van der Waals surface area contributed by atoms with E-state index in [1.807, 2.05) is 42.5 Å². The molecule has 0 N–H and O–H groups in total. The molecule has 0 amide bonds. The van der Waals surface area contributed by atoms with Gasteiger partial charge in [0.25, 0.3) is 0 Å². The fourth-order valence-electron chi connectivity index (χ4n) is 3.27. The van der Waals surface area contributed by atoms with E-state index >= 15 is 0 Å². The van der Waals surface area contributed by atoms with Crippen LogP contribution >= 0.6 is 34.8 Å². The second-order valence-corrected chi connectivity index (χ2v) is 8.10. The molecule has 4 aromatic heterocycles. The van der Waals surface area contributed by atoms with Crippen molar-refractivity contribution in [3.05, 3.63) is 107 Å². The van der Waals surface area contributed by atoms with Gasteiger partial charge < -0.3 is 9.13 Å². The summed E-state index contributed by atoms with van der Waals surface area (Å²) in [6.45, 7) is -4.32. The van der Waals surface area contributed by atoms with E-state index in [-0.39, 0.29) is 10.6 Å². The van der Waals surface area contributed by atoms with Crippen LogP contribution in [0.1, 0.15) is 8.22 Å². The summed E-state index contributed by atoms with van der Waals surface area (Å²) in [7, 11) is 0. The van der Waals surface area contributed by atoms with E-state index < -0.39 is 14.0 Å². The van der Waals surface area contributed by atoms with Gasteiger partial charge in [-0.05, 0) is 58.9 Å². The molecule has 0 radical (unpaired) electrons. The van der Waals surface area contributed by atoms with Gasteiger partial charge in [-0.25, -0.2) is 19.9 Å². The standard InChI is InChI=1S/C13H10ClN3.C9H9N.C4H2Cl2N2/c1-17-8-10(9-4-2-3-5-12(9)17)11-6-7-15-13(14)16-11;1-10-7-6-8-4-2-3-5-9(8)10;5-3-1-2-7-4(6)8-3/h2-8H,1H3;2-7H,1H3;1-2H/i2*1D3;. The normalized spacial score (nSPS) is 13.7. The van der Waals surface area contributed by atoms with Crippen molar-refractivity contribution < 1.29 is 8.22 Å². The molecular weight excluding hydrogens is 503 g/mol. The van der Waals surface area contributed by atoms with Crippen molar-refractivity contribution in [1.29, 1.82) is 0 Å². The lowest BCUT2D eigenvalue weighted by Gasteiger charge is -1.98. The molecule has 2 aromatic carbocycles. The molecular formula is C26H21Cl3N6. The highest BCUT2D eigenvalue weighted by Gasteiger charge is 2.09. The number of fused-ring (bicyclic) bond motifs is 2. The number of nitrogens with zero attached hydrogens (tertiary/aromatic N) is 6. The first-order chi connectivity index (χ1) is 19.3. The number of benzene rings is 2. The molecule has 0 aliphatic rings. The minimum absolute atomic E-state index is 0.133. The van der Waals surface area contributed by atoms with Gasteiger partial charge in [0.05, 0.1) is 5.69 Å². The van der Waals surface area contributed by atoms with Gasteiger partial charge in [-0.3, -0.25) is 0 Å². The smallest absolute Gasteiger partial charge is 0.223 e. The third kappa shape index (κ3) is 6.17. The first-order valence-corrected chi connectivity index (χ1v) is 11.3. The lowest BCUT2D eigenvalue weighted by Crippen LogP contribution is -1.85. The maximum absolute atomic E-state index is 7.61. The third-order valence-electron chi connectivity index (χ3n) is 4.81. The Morgan fingerprint density at radius 2 is 1.40 bits per heavy atom. The molecule has 0 unspecified atom stereocenters. The topological polar surface area (TPSA) is 61.4 Å². The second kappa shape index (κ2) is 11.3. The van der Waals surface area contributed by atoms with E-state index in [0.717, 1.165) is 21.9 Å². The van der Waals surface area contributed by atoms with Crippen LogP contribution in [0.3, 0.4) is 0 Å². The first kappa shape index (κ1) is 17.9. The Morgan fingerprint density at radius 3 is 2.09 bits per heavy atom. The summed E-state index contributed by atoms with van der Waals surface area (Å²) in [5.74, 6) is 0. The molecule has 6 rings (SSSR count). The minimum atomic E-state index is -2.24. The van der Waals surface area contributed by atoms with Gasteiger partial charge in [0.15, 0.2) is 0 Å². The lowest BCUT2D eigenvalue weighted by atomic mass is 10.1. The molecule has 0 aliphatic carbocycles. The van der Waals surface area contributed by atoms with Gasteiger partial charge in [0.2, 0.25) is 10.6 Å². The van der Waals surface area contributed by atoms with Gasteiger partial charge >= 0.3 is 0 Å². The van der Waals surface area contributed by atoms with Crippen LogP contribution in [0.5, 0.6) is 0 Å². The zero-order valence-corrected chi connectivity index (χ0v) is 20.2. The van der Waals surface area contributed by atoms with Crippen LogP contribution in [-0.2, 0) is 14.0 Å². The van der Waals surface area contributed by atoms with Gasteiger partial charge in [-0.1, -0.05) is 48.0 Å². The summed E-state index contributed by atoms with van der Waals surface area (Å²) in [5.41, 5.74) is 2.71. The van der Waals surface area contributed by atoms with E-state index in [0.29, 0.717) is 16.4 Å². The van der Waals surface area contributed by atoms with Gasteiger partial charge in [-0.15, -0.1) is 0 Å². The molecule has 35 heavy (non-hydrogen) atoms. The van der Waals surface area contributed by atoms with Crippen LogP contribution in [0.15, 0.2) is 91.5 Å². The number of rotatable bonds is 1. The van der Waals surface area contributed by atoms with Gasteiger partial charge in [0.1, 0.15) is 5.15 Å². The number of hydrogen-bond acceptors (Lipinski definition) is 4. The summed E-state index contributed by atoms with van der Waals surface area (Å²) in [6, 6.07) is 19.8. The Hall–Kier alpha value is -3.45. The predicted octanol–water partition coefficient (Wildman–Crippen LogP) is 7.25. The summed E-state index contributed by atoms with van der Waals surface area (Å²) >= 11 is 16.6. The highest BCUT2D eigenvalue weighted by Crippen LogP contribution is 2.28. The number of aryl methyl sites for hydroxylation is 2. The Kier molecular flexibility index (Phi) is 5.79. The fourth-order valence-corrected chi connectivity index (χ4v) is 3.74. The van der Waals surface area contributed by atoms with E-state index in [2.05, 4.69) is 19.9 Å². The Labute approximate surface area is 226 Å². The summed E-state index contributed by atoms with van der Waals surface area (Å²) < 4.78 is 47.2. The largest absolute Gasteiger partial charge is 0.351 e. The average Bonchev–Trinajstić information content (AvgIpc) is 3.52. The number of halogens is 3. The van der Waals surface area contributed by atoms with E-state index in [4.69, 9.17) is 43.0 Å². The van der Waals surface area contributed by atoms with Crippen LogP contribution < -0.4 is 0 Å². The fraction of sp³-hybridized carbons (Fsp3) is 0.0769. The van der Waals surface area contributed by atoms with Crippen molar-refractivity contribution in [1.82, 2.24) is 29.1 Å². The molecule has 6 nitrogen and oxygen atoms in total. The average molecular weight is 530 g/mol. The molecule has 0 saturated heterocycles. The van der Waals surface area contributed by atoms with Crippen molar-refractivity contribution in [2.75, 3.05) is 0 Å². The zero-order valence-electron chi connectivity index (χ0n) is 24.0. The van der Waals surface area contributed by atoms with Crippen LogP contribution in [0, 0.1) is 0 Å². The molecule has 0 aliphatic heterocycles. The highest BCUT2D eigenvalue weighted by atomic mass is 35.5. The van der Waals surface area contributed by atoms with Crippen molar-refractivity contribution in [2.45, 2.75) is 0 Å². The second-order valence-electron chi connectivity index (χ2n) is 7.03. The van der Waals surface area contributed by atoms with E-state index in [1.54, 1.807) is 42.9 Å². The molecule has 9 heteroatoms. The molecule has 0 atom stereocenters. The van der Waals surface area contributed by atoms with Crippen molar-refractivity contribution in [3.63, 3.8) is 0 Å². The van der Waals surface area contributed by atoms with Crippen LogP contribution in [0.25, 0.3) is 33.1 Å². The van der Waals surface area contributed by atoms with Crippen LogP contribution in [-0.4, -0.2) is 29.1 Å². The number of hydrogen-bond donors (Lipinski definition) is 0.